The summed E-state index contributed by atoms with van der Waals surface area (Å²) in [6.07, 6.45) is 1.06. The van der Waals surface area contributed by atoms with Crippen LogP contribution >= 0.6 is 12.2 Å². The summed E-state index contributed by atoms with van der Waals surface area (Å²) in [5.74, 6) is -4.08. The van der Waals surface area contributed by atoms with Gasteiger partial charge in [0.15, 0.2) is 0 Å². The molecule has 1 aromatic rings. The van der Waals surface area contributed by atoms with Gasteiger partial charge in [-0.15, -0.1) is 0 Å². The number of carboxylic acids is 4. The Hall–Kier alpha value is -3.42. The molecule has 0 saturated carbocycles. The predicted octanol–water partition coefficient (Wildman–Crippen LogP) is -1.41. The van der Waals surface area contributed by atoms with E-state index in [4.69, 9.17) is 20.4 Å². The maximum Gasteiger partial charge on any atom is 0.317 e. The molecule has 0 unspecified atom stereocenters. The van der Waals surface area contributed by atoms with Crippen molar-refractivity contribution in [2.45, 2.75) is 6.42 Å². The normalized spacial score (nSPS) is 19.0. The van der Waals surface area contributed by atoms with Crippen molar-refractivity contribution in [1.82, 2.24) is 40.4 Å². The number of carboxylic acid groups (broad SMARTS) is 4. The summed E-state index contributed by atoms with van der Waals surface area (Å²) >= 11 is 4.63. The molecule has 18 heteroatoms. The number of hydrogen-bond donors (Lipinski definition) is 7. The minimum absolute atomic E-state index is 0.229. The third kappa shape index (κ3) is 22.2. The fourth-order valence-corrected chi connectivity index (χ4v) is 5.70. The smallest absolute Gasteiger partial charge is 0.317 e. The van der Waals surface area contributed by atoms with E-state index >= 15 is 0 Å². The Balaban J connectivity index is 0.000000360. The van der Waals surface area contributed by atoms with Crippen LogP contribution in [0.2, 0.25) is 0 Å². The Morgan fingerprint density at radius 1 is 0.549 bits per heavy atom. The molecule has 2 aliphatic rings. The van der Waals surface area contributed by atoms with Crippen LogP contribution < -0.4 is 16.0 Å². The first-order chi connectivity index (χ1) is 24.5. The van der Waals surface area contributed by atoms with Gasteiger partial charge in [-0.2, -0.15) is 4.99 Å². The fraction of sp³-hybridized carbons (Fsp3) is 0.667. The molecule has 2 saturated heterocycles. The van der Waals surface area contributed by atoms with Gasteiger partial charge in [0, 0.05) is 111 Å². The van der Waals surface area contributed by atoms with Crippen LogP contribution in [0.3, 0.4) is 0 Å². The van der Waals surface area contributed by atoms with E-state index in [2.05, 4.69) is 55.4 Å². The molecule has 0 atom stereocenters. The zero-order valence-corrected chi connectivity index (χ0v) is 30.2. The molecule has 17 nitrogen and oxygen atoms in total. The highest BCUT2D eigenvalue weighted by Crippen LogP contribution is 2.13. The maximum atomic E-state index is 11.1. The number of isothiocyanates is 1. The maximum absolute atomic E-state index is 11.1. The van der Waals surface area contributed by atoms with E-state index in [0.29, 0.717) is 52.4 Å². The van der Waals surface area contributed by atoms with Crippen molar-refractivity contribution in [1.29, 1.82) is 0 Å². The summed E-state index contributed by atoms with van der Waals surface area (Å²) in [6, 6.07) is 8.26. The van der Waals surface area contributed by atoms with Crippen molar-refractivity contribution in [2.75, 3.05) is 137 Å². The SMILES string of the molecule is O=C(O)CN1CCN(CC(=O)O)CCN(CC(=O)O)CCN(CC(=O)O)CC1.S=C=Nc1ccc(CCN2CCNCCNCCNCC2)cc1. The highest BCUT2D eigenvalue weighted by Gasteiger charge is 2.21. The zero-order chi connectivity index (χ0) is 37.3. The number of nitrogens with one attached hydrogen (secondary N) is 3. The molecule has 286 valence electrons. The molecular weight excluding hydrogens is 682 g/mol. The lowest BCUT2D eigenvalue weighted by molar-refractivity contribution is -0.141. The van der Waals surface area contributed by atoms with E-state index in [9.17, 15) is 19.2 Å². The van der Waals surface area contributed by atoms with Crippen LogP contribution in [-0.2, 0) is 25.6 Å². The van der Waals surface area contributed by atoms with Crippen molar-refractivity contribution in [2.24, 2.45) is 4.99 Å². The minimum Gasteiger partial charge on any atom is -0.480 e. The number of benzene rings is 1. The lowest BCUT2D eigenvalue weighted by atomic mass is 10.1. The number of nitrogens with zero attached hydrogens (tertiary/aromatic N) is 6. The van der Waals surface area contributed by atoms with Gasteiger partial charge in [0.1, 0.15) is 0 Å². The van der Waals surface area contributed by atoms with Gasteiger partial charge in [-0.25, -0.2) is 0 Å². The van der Waals surface area contributed by atoms with E-state index < -0.39 is 23.9 Å². The highest BCUT2D eigenvalue weighted by atomic mass is 32.1. The Morgan fingerprint density at radius 3 is 1.20 bits per heavy atom. The first kappa shape index (κ1) is 43.7. The lowest BCUT2D eigenvalue weighted by Gasteiger charge is -2.32. The van der Waals surface area contributed by atoms with E-state index in [1.807, 2.05) is 12.1 Å². The van der Waals surface area contributed by atoms with Crippen LogP contribution in [0.5, 0.6) is 0 Å². The molecule has 0 aliphatic carbocycles. The Bertz CT molecular complexity index is 1120. The average Bonchev–Trinajstić information content (AvgIpc) is 3.06. The van der Waals surface area contributed by atoms with Crippen LogP contribution in [0, 0.1) is 0 Å². The molecule has 2 fully saturated rings. The number of rotatable bonds is 12. The summed E-state index contributed by atoms with van der Waals surface area (Å²) in [5.41, 5.74) is 2.21. The molecule has 0 aromatic heterocycles. The Labute approximate surface area is 305 Å². The topological polar surface area (TPSA) is 214 Å². The molecular formula is C33H55N9O8S. The third-order valence-corrected chi connectivity index (χ3v) is 8.45. The summed E-state index contributed by atoms with van der Waals surface area (Å²) in [6.45, 7) is 11.0. The first-order valence-corrected chi connectivity index (χ1v) is 17.7. The standard InChI is InChI=1S/C17H27N5S.C16H28N4O8/c23-15-21-17-3-1-16(2-4-17)5-12-22-13-10-19-8-6-18-7-9-20-11-14-22;21-13(22)9-17-1-2-18(10-14(23)24)5-6-20(12-16(27)28)8-7-19(4-3-17)11-15(25)26/h1-4,18-20H,5-14H2;1-12H2,(H,21,22)(H,23,24)(H,25,26)(H,27,28). The molecule has 2 aliphatic heterocycles. The minimum atomic E-state index is -1.02. The van der Waals surface area contributed by atoms with Crippen LogP contribution in [0.15, 0.2) is 29.3 Å². The molecule has 7 N–H and O–H groups in total. The van der Waals surface area contributed by atoms with Crippen LogP contribution in [0.1, 0.15) is 5.56 Å². The van der Waals surface area contributed by atoms with Crippen LogP contribution in [0.4, 0.5) is 5.69 Å². The Kier molecular flexibility index (Phi) is 22.6. The largest absolute Gasteiger partial charge is 0.480 e. The van der Waals surface area contributed by atoms with E-state index in [-0.39, 0.29) is 26.2 Å². The lowest BCUT2D eigenvalue weighted by Crippen LogP contribution is -2.49. The van der Waals surface area contributed by atoms with Crippen molar-refractivity contribution in [3.05, 3.63) is 29.8 Å². The molecule has 3 rings (SSSR count). The van der Waals surface area contributed by atoms with Crippen molar-refractivity contribution in [3.63, 3.8) is 0 Å². The number of aliphatic carboxylic acids is 4. The summed E-state index contributed by atoms with van der Waals surface area (Å²) in [5, 5.41) is 49.1. The molecule has 2 heterocycles. The molecule has 0 bridgehead atoms. The molecule has 0 amide bonds. The predicted molar refractivity (Wildman–Crippen MR) is 196 cm³/mol. The van der Waals surface area contributed by atoms with Gasteiger partial charge < -0.3 is 41.3 Å². The van der Waals surface area contributed by atoms with Gasteiger partial charge in [-0.3, -0.25) is 38.8 Å². The quantitative estimate of drug-likeness (QED) is 0.0970. The fourth-order valence-electron chi connectivity index (χ4n) is 5.59. The van der Waals surface area contributed by atoms with Crippen molar-refractivity contribution >= 4 is 46.9 Å². The second-order valence-corrected chi connectivity index (χ2v) is 12.6. The number of hydrogen-bond acceptors (Lipinski definition) is 14. The average molecular weight is 738 g/mol. The molecule has 51 heavy (non-hydrogen) atoms. The zero-order valence-electron chi connectivity index (χ0n) is 29.4. The second kappa shape index (κ2) is 26.4. The summed E-state index contributed by atoms with van der Waals surface area (Å²) < 4.78 is 0. The van der Waals surface area contributed by atoms with Gasteiger partial charge >= 0.3 is 23.9 Å². The molecule has 0 radical (unpaired) electrons. The molecule has 0 spiro atoms. The van der Waals surface area contributed by atoms with E-state index in [0.717, 1.165) is 71.0 Å². The highest BCUT2D eigenvalue weighted by molar-refractivity contribution is 7.78. The monoisotopic (exact) mass is 737 g/mol. The van der Waals surface area contributed by atoms with E-state index in [1.165, 1.54) is 5.56 Å². The molecule has 1 aromatic carbocycles. The number of aliphatic imine (C=N–C) groups is 1. The number of thiocarbonyl (C=S) groups is 1. The van der Waals surface area contributed by atoms with Crippen LogP contribution in [0.25, 0.3) is 0 Å². The third-order valence-electron chi connectivity index (χ3n) is 8.36. The van der Waals surface area contributed by atoms with Crippen molar-refractivity contribution < 1.29 is 39.6 Å². The van der Waals surface area contributed by atoms with Gasteiger partial charge in [0.25, 0.3) is 0 Å². The van der Waals surface area contributed by atoms with Crippen molar-refractivity contribution in [3.8, 4) is 0 Å². The van der Waals surface area contributed by atoms with Gasteiger partial charge in [0.2, 0.25) is 0 Å². The Morgan fingerprint density at radius 2 is 0.882 bits per heavy atom. The van der Waals surface area contributed by atoms with Crippen LogP contribution in [-0.4, -0.2) is 211 Å². The first-order valence-electron chi connectivity index (χ1n) is 17.3. The summed E-state index contributed by atoms with van der Waals surface area (Å²) in [7, 11) is 0. The van der Waals surface area contributed by atoms with Gasteiger partial charge in [0.05, 0.1) is 37.0 Å². The number of carbonyl (C=O) groups is 4. The second-order valence-electron chi connectivity index (χ2n) is 12.4. The van der Waals surface area contributed by atoms with Gasteiger partial charge in [-0.05, 0) is 36.3 Å². The van der Waals surface area contributed by atoms with Gasteiger partial charge in [-0.1, -0.05) is 12.1 Å². The van der Waals surface area contributed by atoms with E-state index in [1.54, 1.807) is 19.6 Å². The summed E-state index contributed by atoms with van der Waals surface area (Å²) in [4.78, 5) is 57.4.